The zero-order valence-electron chi connectivity index (χ0n) is 13.5. The summed E-state index contributed by atoms with van der Waals surface area (Å²) in [7, 11) is 0. The lowest BCUT2D eigenvalue weighted by atomic mass is 10.1. The first kappa shape index (κ1) is 15.7. The molecule has 0 spiro atoms. The van der Waals surface area contributed by atoms with Gasteiger partial charge in [0, 0.05) is 29.9 Å². The lowest BCUT2D eigenvalue weighted by molar-refractivity contribution is 0.302. The molecule has 4 aromatic rings. The number of nitrogens with zero attached hydrogens (tertiary/aromatic N) is 2. The van der Waals surface area contributed by atoms with Gasteiger partial charge < -0.3 is 13.6 Å². The van der Waals surface area contributed by atoms with E-state index in [2.05, 4.69) is 4.98 Å². The van der Waals surface area contributed by atoms with Crippen molar-refractivity contribution in [2.75, 3.05) is 0 Å². The van der Waals surface area contributed by atoms with Crippen LogP contribution in [0.5, 0.6) is 5.75 Å². The van der Waals surface area contributed by atoms with Crippen LogP contribution in [0.1, 0.15) is 18.2 Å². The normalized spacial score (nSPS) is 11.3. The van der Waals surface area contributed by atoms with Crippen LogP contribution in [0.15, 0.2) is 58.0 Å². The van der Waals surface area contributed by atoms with Gasteiger partial charge in [0.05, 0.1) is 10.7 Å². The molecular formula is C19H15ClN2O3. The van der Waals surface area contributed by atoms with Gasteiger partial charge in [0.1, 0.15) is 23.6 Å². The zero-order valence-corrected chi connectivity index (χ0v) is 14.3. The van der Waals surface area contributed by atoms with Gasteiger partial charge in [0.2, 0.25) is 0 Å². The molecule has 3 aromatic heterocycles. The predicted molar refractivity (Wildman–Crippen MR) is 96.4 cm³/mol. The molecule has 0 radical (unpaired) electrons. The molecule has 0 amide bonds. The summed E-state index contributed by atoms with van der Waals surface area (Å²) < 4.78 is 12.9. The van der Waals surface area contributed by atoms with Crippen molar-refractivity contribution < 1.29 is 9.15 Å². The molecule has 5 nitrogen and oxygen atoms in total. The van der Waals surface area contributed by atoms with Crippen LogP contribution < -0.4 is 10.4 Å². The lowest BCUT2D eigenvalue weighted by Gasteiger charge is -2.07. The first-order valence-corrected chi connectivity index (χ1v) is 8.33. The molecule has 0 aliphatic rings. The second kappa shape index (κ2) is 6.26. The lowest BCUT2D eigenvalue weighted by Crippen LogP contribution is -2.00. The van der Waals surface area contributed by atoms with Crippen LogP contribution in [0.3, 0.4) is 0 Å². The van der Waals surface area contributed by atoms with Crippen molar-refractivity contribution in [1.82, 2.24) is 9.38 Å². The number of imidazole rings is 1. The number of pyridine rings is 1. The minimum atomic E-state index is -0.348. The number of hydrogen-bond donors (Lipinski definition) is 0. The predicted octanol–water partition coefficient (Wildman–Crippen LogP) is 4.24. The molecule has 0 saturated heterocycles. The highest BCUT2D eigenvalue weighted by Crippen LogP contribution is 2.23. The fourth-order valence-corrected chi connectivity index (χ4v) is 3.00. The molecule has 0 N–H and O–H groups in total. The molecule has 3 heterocycles. The van der Waals surface area contributed by atoms with Gasteiger partial charge in [-0.3, -0.25) is 0 Å². The second-order valence-electron chi connectivity index (χ2n) is 5.74. The Hall–Kier alpha value is -2.79. The quantitative estimate of drug-likeness (QED) is 0.514. The highest BCUT2D eigenvalue weighted by atomic mass is 35.5. The Morgan fingerprint density at radius 1 is 1.20 bits per heavy atom. The van der Waals surface area contributed by atoms with Crippen LogP contribution in [0, 0.1) is 0 Å². The van der Waals surface area contributed by atoms with E-state index >= 15 is 0 Å². The van der Waals surface area contributed by atoms with Crippen molar-refractivity contribution in [2.24, 2.45) is 0 Å². The second-order valence-corrected chi connectivity index (χ2v) is 6.17. The average Bonchev–Trinajstić information content (AvgIpc) is 3.00. The van der Waals surface area contributed by atoms with Crippen LogP contribution in [0.2, 0.25) is 5.02 Å². The summed E-state index contributed by atoms with van der Waals surface area (Å²) in [5.74, 6) is 0.624. The zero-order chi connectivity index (χ0) is 17.4. The number of hydrogen-bond acceptors (Lipinski definition) is 4. The van der Waals surface area contributed by atoms with Crippen molar-refractivity contribution in [3.05, 3.63) is 75.5 Å². The van der Waals surface area contributed by atoms with Gasteiger partial charge in [-0.25, -0.2) is 9.78 Å². The molecule has 25 heavy (non-hydrogen) atoms. The summed E-state index contributed by atoms with van der Waals surface area (Å²) in [5.41, 5.74) is 2.74. The topological polar surface area (TPSA) is 56.7 Å². The summed E-state index contributed by atoms with van der Waals surface area (Å²) in [4.78, 5) is 16.1. The van der Waals surface area contributed by atoms with E-state index in [1.807, 2.05) is 35.7 Å². The van der Waals surface area contributed by atoms with E-state index in [0.29, 0.717) is 23.0 Å². The number of fused-ring (bicyclic) bond motifs is 2. The van der Waals surface area contributed by atoms with E-state index in [-0.39, 0.29) is 5.63 Å². The molecule has 126 valence electrons. The van der Waals surface area contributed by atoms with Gasteiger partial charge in [0.15, 0.2) is 0 Å². The van der Waals surface area contributed by atoms with Crippen LogP contribution in [-0.2, 0) is 13.0 Å². The number of aromatic nitrogens is 2. The molecule has 0 saturated carbocycles. The Bertz CT molecular complexity index is 1130. The smallest absolute Gasteiger partial charge is 0.336 e. The maximum atomic E-state index is 11.6. The van der Waals surface area contributed by atoms with Crippen LogP contribution in [0.25, 0.3) is 16.6 Å². The molecule has 4 rings (SSSR count). The number of benzene rings is 1. The highest BCUT2D eigenvalue weighted by molar-refractivity contribution is 6.30. The number of halogens is 1. The molecule has 0 aliphatic heterocycles. The highest BCUT2D eigenvalue weighted by Gasteiger charge is 2.07. The first-order valence-electron chi connectivity index (χ1n) is 7.95. The monoisotopic (exact) mass is 354 g/mol. The molecular weight excluding hydrogens is 340 g/mol. The third kappa shape index (κ3) is 3.10. The van der Waals surface area contributed by atoms with Crippen molar-refractivity contribution in [2.45, 2.75) is 20.0 Å². The Morgan fingerprint density at radius 2 is 2.08 bits per heavy atom. The fourth-order valence-electron chi connectivity index (χ4n) is 2.84. The largest absolute Gasteiger partial charge is 0.487 e. The van der Waals surface area contributed by atoms with E-state index in [1.165, 1.54) is 6.07 Å². The maximum Gasteiger partial charge on any atom is 0.336 e. The van der Waals surface area contributed by atoms with Crippen molar-refractivity contribution in [3.63, 3.8) is 0 Å². The maximum absolute atomic E-state index is 11.6. The Morgan fingerprint density at radius 3 is 2.92 bits per heavy atom. The average molecular weight is 355 g/mol. The standard InChI is InChI=1S/C19H15ClN2O3/c1-2-12-7-19(23)25-17-8-15(4-5-16(12)17)24-11-14-10-22-9-13(20)3-6-18(22)21-14/h3-10H,2,11H2,1H3. The molecule has 0 aliphatic carbocycles. The number of rotatable bonds is 4. The summed E-state index contributed by atoms with van der Waals surface area (Å²) in [6.45, 7) is 2.32. The van der Waals surface area contributed by atoms with Gasteiger partial charge >= 0.3 is 5.63 Å². The SMILES string of the molecule is CCc1cc(=O)oc2cc(OCc3cn4cc(Cl)ccc4n3)ccc12. The fraction of sp³-hybridized carbons (Fsp3) is 0.158. The Kier molecular flexibility index (Phi) is 3.93. The summed E-state index contributed by atoms with van der Waals surface area (Å²) in [6, 6.07) is 10.7. The van der Waals surface area contributed by atoms with Crippen molar-refractivity contribution in [3.8, 4) is 5.75 Å². The van der Waals surface area contributed by atoms with Gasteiger partial charge in [-0.2, -0.15) is 0 Å². The van der Waals surface area contributed by atoms with E-state index in [9.17, 15) is 4.79 Å². The first-order chi connectivity index (χ1) is 12.1. The van der Waals surface area contributed by atoms with Gasteiger partial charge in [-0.1, -0.05) is 18.5 Å². The molecule has 0 unspecified atom stereocenters. The van der Waals surface area contributed by atoms with Crippen LogP contribution >= 0.6 is 11.6 Å². The van der Waals surface area contributed by atoms with Gasteiger partial charge in [0.25, 0.3) is 0 Å². The summed E-state index contributed by atoms with van der Waals surface area (Å²) >= 11 is 5.98. The third-order valence-corrected chi connectivity index (χ3v) is 4.26. The van der Waals surface area contributed by atoms with Crippen molar-refractivity contribution >= 4 is 28.2 Å². The van der Waals surface area contributed by atoms with E-state index in [1.54, 1.807) is 18.3 Å². The van der Waals surface area contributed by atoms with Crippen LogP contribution in [0.4, 0.5) is 0 Å². The molecule has 0 fully saturated rings. The Balaban J connectivity index is 1.60. The summed E-state index contributed by atoms with van der Waals surface area (Å²) in [5, 5.41) is 1.57. The molecule has 1 aromatic carbocycles. The van der Waals surface area contributed by atoms with E-state index in [0.717, 1.165) is 28.7 Å². The molecule has 0 atom stereocenters. The van der Waals surface area contributed by atoms with Gasteiger partial charge in [-0.05, 0) is 36.2 Å². The molecule has 6 heteroatoms. The third-order valence-electron chi connectivity index (χ3n) is 4.03. The Labute approximate surface area is 148 Å². The van der Waals surface area contributed by atoms with Gasteiger partial charge in [-0.15, -0.1) is 0 Å². The minimum absolute atomic E-state index is 0.308. The molecule has 0 bridgehead atoms. The van der Waals surface area contributed by atoms with E-state index in [4.69, 9.17) is 20.8 Å². The van der Waals surface area contributed by atoms with Crippen LogP contribution in [-0.4, -0.2) is 9.38 Å². The summed E-state index contributed by atoms with van der Waals surface area (Å²) in [6.07, 6.45) is 4.44. The number of ether oxygens (including phenoxy) is 1. The van der Waals surface area contributed by atoms with E-state index < -0.39 is 0 Å². The minimum Gasteiger partial charge on any atom is -0.487 e. The number of aryl methyl sites for hydroxylation is 1. The van der Waals surface area contributed by atoms with Crippen molar-refractivity contribution in [1.29, 1.82) is 0 Å².